The number of carbonyl (C=O) groups excluding carboxylic acids is 2. The molecule has 0 saturated heterocycles. The smallest absolute Gasteiger partial charge is 0.339 e. The lowest BCUT2D eigenvalue weighted by molar-refractivity contribution is 0.0599. The lowest BCUT2D eigenvalue weighted by atomic mass is 10.1. The highest BCUT2D eigenvalue weighted by atomic mass is 32.2. The molecule has 0 aliphatic carbocycles. The van der Waals surface area contributed by atoms with Crippen LogP contribution in [0.15, 0.2) is 28.3 Å². The molecule has 152 valence electrons. The summed E-state index contributed by atoms with van der Waals surface area (Å²) in [5.41, 5.74) is 1.83. The number of aromatic nitrogens is 2. The molecule has 8 nitrogen and oxygen atoms in total. The van der Waals surface area contributed by atoms with E-state index in [1.54, 1.807) is 26.8 Å². The van der Waals surface area contributed by atoms with Gasteiger partial charge in [0.1, 0.15) is 4.90 Å². The Morgan fingerprint density at radius 2 is 1.89 bits per heavy atom. The third-order valence-electron chi connectivity index (χ3n) is 4.23. The Bertz CT molecular complexity index is 995. The molecule has 2 rings (SSSR count). The number of nitrogens with one attached hydrogen (secondary N) is 1. The Labute approximate surface area is 168 Å². The SMILES string of the molecule is COC(=O)c1c(C)[nH]c(C(=O)[C@H](C)Sc2ccc(S(=O)(=O)N(C)C)cn2)c1C. The van der Waals surface area contributed by atoms with Gasteiger partial charge in [0, 0.05) is 26.0 Å². The predicted octanol–water partition coefficient (Wildman–Crippen LogP) is 2.43. The highest BCUT2D eigenvalue weighted by molar-refractivity contribution is 8.00. The Hall–Kier alpha value is -2.17. The van der Waals surface area contributed by atoms with Crippen LogP contribution in [-0.2, 0) is 14.8 Å². The molecule has 0 aliphatic rings. The summed E-state index contributed by atoms with van der Waals surface area (Å²) in [6.45, 7) is 5.13. The van der Waals surface area contributed by atoms with E-state index >= 15 is 0 Å². The van der Waals surface area contributed by atoms with Gasteiger partial charge in [0.15, 0.2) is 5.78 Å². The van der Waals surface area contributed by atoms with Gasteiger partial charge in [0.05, 0.1) is 28.6 Å². The van der Waals surface area contributed by atoms with E-state index in [9.17, 15) is 18.0 Å². The topological polar surface area (TPSA) is 109 Å². The van der Waals surface area contributed by atoms with E-state index in [1.165, 1.54) is 45.2 Å². The van der Waals surface area contributed by atoms with Crippen molar-refractivity contribution >= 4 is 33.5 Å². The van der Waals surface area contributed by atoms with E-state index in [4.69, 9.17) is 4.74 Å². The molecule has 0 unspecified atom stereocenters. The molecule has 0 aliphatic heterocycles. The van der Waals surface area contributed by atoms with Gasteiger partial charge < -0.3 is 9.72 Å². The van der Waals surface area contributed by atoms with Gasteiger partial charge >= 0.3 is 5.97 Å². The Balaban J connectivity index is 2.21. The minimum atomic E-state index is -3.55. The third kappa shape index (κ3) is 4.29. The highest BCUT2D eigenvalue weighted by Gasteiger charge is 2.26. The maximum atomic E-state index is 12.8. The first-order chi connectivity index (χ1) is 13.0. The van der Waals surface area contributed by atoms with E-state index in [-0.39, 0.29) is 10.7 Å². The van der Waals surface area contributed by atoms with Crippen molar-refractivity contribution in [1.29, 1.82) is 0 Å². The van der Waals surface area contributed by atoms with Crippen molar-refractivity contribution in [2.45, 2.75) is 35.9 Å². The quantitative estimate of drug-likeness (QED) is 0.412. The van der Waals surface area contributed by atoms with Gasteiger partial charge in [-0.25, -0.2) is 22.5 Å². The lowest BCUT2D eigenvalue weighted by Crippen LogP contribution is -2.22. The fraction of sp³-hybridized carbons (Fsp3) is 0.389. The van der Waals surface area contributed by atoms with Crippen LogP contribution in [0, 0.1) is 13.8 Å². The maximum Gasteiger partial charge on any atom is 0.339 e. The number of sulfonamides is 1. The summed E-state index contributed by atoms with van der Waals surface area (Å²) >= 11 is 1.21. The maximum absolute atomic E-state index is 12.8. The summed E-state index contributed by atoms with van der Waals surface area (Å²) in [5.74, 6) is -0.683. The molecule has 0 spiro atoms. The number of Topliss-reactive ketones (excluding diaryl/α,β-unsaturated/α-hetero) is 1. The molecule has 0 radical (unpaired) electrons. The Morgan fingerprint density at radius 3 is 2.39 bits per heavy atom. The van der Waals surface area contributed by atoms with Crippen LogP contribution in [0.25, 0.3) is 0 Å². The second kappa shape index (κ2) is 8.46. The number of pyridine rings is 1. The van der Waals surface area contributed by atoms with Crippen molar-refractivity contribution in [3.05, 3.63) is 40.8 Å². The average Bonchev–Trinajstić information content (AvgIpc) is 2.95. The molecule has 1 N–H and O–H groups in total. The minimum absolute atomic E-state index is 0.0828. The van der Waals surface area contributed by atoms with Crippen LogP contribution in [0.2, 0.25) is 0 Å². The van der Waals surface area contributed by atoms with E-state index in [0.717, 1.165) is 4.31 Å². The first kappa shape index (κ1) is 22.1. The van der Waals surface area contributed by atoms with Crippen LogP contribution in [-0.4, -0.2) is 60.9 Å². The van der Waals surface area contributed by atoms with E-state index in [1.807, 2.05) is 0 Å². The third-order valence-corrected chi connectivity index (χ3v) is 7.08. The molecular formula is C18H23N3O5S2. The molecule has 0 amide bonds. The molecule has 2 heterocycles. The normalized spacial score (nSPS) is 12.8. The molecule has 0 bridgehead atoms. The average molecular weight is 426 g/mol. The fourth-order valence-electron chi connectivity index (χ4n) is 2.64. The van der Waals surface area contributed by atoms with Crippen LogP contribution in [0.4, 0.5) is 0 Å². The number of thioether (sulfide) groups is 1. The van der Waals surface area contributed by atoms with Crippen LogP contribution in [0.3, 0.4) is 0 Å². The fourth-order valence-corrected chi connectivity index (χ4v) is 4.34. The van der Waals surface area contributed by atoms with E-state index in [0.29, 0.717) is 27.5 Å². The summed E-state index contributed by atoms with van der Waals surface area (Å²) in [7, 11) is 0.631. The van der Waals surface area contributed by atoms with Crippen molar-refractivity contribution in [1.82, 2.24) is 14.3 Å². The number of nitrogens with zero attached hydrogens (tertiary/aromatic N) is 2. The lowest BCUT2D eigenvalue weighted by Gasteiger charge is -2.12. The van der Waals surface area contributed by atoms with Crippen molar-refractivity contribution < 1.29 is 22.7 Å². The van der Waals surface area contributed by atoms with Crippen LogP contribution >= 0.6 is 11.8 Å². The first-order valence-electron chi connectivity index (χ1n) is 8.37. The zero-order valence-corrected chi connectivity index (χ0v) is 18.2. The molecule has 2 aromatic rings. The number of carbonyl (C=O) groups is 2. The zero-order chi connectivity index (χ0) is 21.2. The standard InChI is InChI=1S/C18H23N3O5S2/c1-10-15(18(23)26-6)11(2)20-16(10)17(22)12(3)27-14-8-7-13(9-19-14)28(24,25)21(4)5/h7-9,12,20H,1-6H3/t12-/m0/s1. The molecular weight excluding hydrogens is 402 g/mol. The molecule has 28 heavy (non-hydrogen) atoms. The van der Waals surface area contributed by atoms with Gasteiger partial charge in [-0.05, 0) is 38.5 Å². The van der Waals surface area contributed by atoms with Gasteiger partial charge in [-0.2, -0.15) is 0 Å². The van der Waals surface area contributed by atoms with Gasteiger partial charge in [0.2, 0.25) is 10.0 Å². The summed E-state index contributed by atoms with van der Waals surface area (Å²) < 4.78 is 30.1. The van der Waals surface area contributed by atoms with Crippen LogP contribution in [0.1, 0.15) is 39.0 Å². The summed E-state index contributed by atoms with van der Waals surface area (Å²) in [5, 5.41) is 0.0266. The largest absolute Gasteiger partial charge is 0.465 e. The highest BCUT2D eigenvalue weighted by Crippen LogP contribution is 2.27. The number of ketones is 1. The minimum Gasteiger partial charge on any atom is -0.465 e. The van der Waals surface area contributed by atoms with Gasteiger partial charge in [-0.3, -0.25) is 4.79 Å². The molecule has 0 fully saturated rings. The second-order valence-electron chi connectivity index (χ2n) is 6.36. The summed E-state index contributed by atoms with van der Waals surface area (Å²) in [4.78, 5) is 31.9. The molecule has 1 atom stereocenters. The molecule has 0 aromatic carbocycles. The van der Waals surface area contributed by atoms with E-state index < -0.39 is 21.2 Å². The van der Waals surface area contributed by atoms with Crippen LogP contribution < -0.4 is 0 Å². The van der Waals surface area contributed by atoms with Crippen molar-refractivity contribution in [3.8, 4) is 0 Å². The van der Waals surface area contributed by atoms with Crippen molar-refractivity contribution in [2.24, 2.45) is 0 Å². The van der Waals surface area contributed by atoms with Crippen molar-refractivity contribution in [2.75, 3.05) is 21.2 Å². The molecule has 0 saturated carbocycles. The molecule has 10 heteroatoms. The van der Waals surface area contributed by atoms with Crippen molar-refractivity contribution in [3.63, 3.8) is 0 Å². The number of ether oxygens (including phenoxy) is 1. The Morgan fingerprint density at radius 1 is 1.25 bits per heavy atom. The first-order valence-corrected chi connectivity index (χ1v) is 10.7. The predicted molar refractivity (Wildman–Crippen MR) is 106 cm³/mol. The number of hydrogen-bond donors (Lipinski definition) is 1. The second-order valence-corrected chi connectivity index (χ2v) is 9.87. The monoisotopic (exact) mass is 425 g/mol. The number of hydrogen-bond acceptors (Lipinski definition) is 7. The summed E-state index contributed by atoms with van der Waals surface area (Å²) in [6, 6.07) is 3.03. The van der Waals surface area contributed by atoms with Gasteiger partial charge in [0.25, 0.3) is 0 Å². The number of esters is 1. The van der Waals surface area contributed by atoms with Crippen LogP contribution in [0.5, 0.6) is 0 Å². The number of aryl methyl sites for hydroxylation is 1. The zero-order valence-electron chi connectivity index (χ0n) is 16.6. The Kier molecular flexibility index (Phi) is 6.68. The van der Waals surface area contributed by atoms with Gasteiger partial charge in [-0.15, -0.1) is 0 Å². The number of rotatable bonds is 7. The van der Waals surface area contributed by atoms with E-state index in [2.05, 4.69) is 9.97 Å². The summed E-state index contributed by atoms with van der Waals surface area (Å²) in [6.07, 6.45) is 1.27. The number of H-pyrrole nitrogens is 1. The molecule has 2 aromatic heterocycles. The number of methoxy groups -OCH3 is 1. The van der Waals surface area contributed by atoms with Gasteiger partial charge in [-0.1, -0.05) is 11.8 Å². The number of aromatic amines is 1.